The molecule has 0 N–H and O–H groups in total. The van der Waals surface area contributed by atoms with Crippen LogP contribution >= 0.6 is 0 Å². The summed E-state index contributed by atoms with van der Waals surface area (Å²) in [6, 6.07) is 19.5. The molecule has 1 aliphatic carbocycles. The first-order valence-corrected chi connectivity index (χ1v) is 12.5. The topological polar surface area (TPSA) is 69.0 Å². The Morgan fingerprint density at radius 3 is 2.49 bits per heavy atom. The number of carbonyl (C=O) groups is 2. The van der Waals surface area contributed by atoms with Crippen LogP contribution < -0.4 is 4.74 Å². The van der Waals surface area contributed by atoms with Gasteiger partial charge in [-0.15, -0.1) is 0 Å². The molecule has 0 aliphatic heterocycles. The number of para-hydroxylation sites is 1. The van der Waals surface area contributed by atoms with Gasteiger partial charge in [0.05, 0.1) is 19.5 Å². The number of rotatable bonds is 13. The first-order valence-electron chi connectivity index (χ1n) is 12.5. The van der Waals surface area contributed by atoms with Crippen molar-refractivity contribution in [1.29, 1.82) is 0 Å². The molecule has 2 aromatic carbocycles. The molecule has 3 aromatic rings. The standard InChI is InChI=1S/C29H33NO5/c1-2-33-28(31)12-4-3-7-19-34-27-10-6-5-9-24(27)21-30(25-17-18-25)29(32)23-15-13-22(14-16-23)26-11-8-20-35-26/h5-6,8-11,13-16,20,25H,2-4,7,12,17-19,21H2,1H3. The number of furan rings is 1. The van der Waals surface area contributed by atoms with E-state index in [2.05, 4.69) is 0 Å². The summed E-state index contributed by atoms with van der Waals surface area (Å²) in [7, 11) is 0. The van der Waals surface area contributed by atoms with Crippen molar-refractivity contribution in [3.63, 3.8) is 0 Å². The van der Waals surface area contributed by atoms with Crippen LogP contribution in [0, 0.1) is 0 Å². The minimum atomic E-state index is -0.140. The summed E-state index contributed by atoms with van der Waals surface area (Å²) in [6.07, 6.45) is 6.71. The van der Waals surface area contributed by atoms with Gasteiger partial charge in [-0.1, -0.05) is 30.3 Å². The van der Waals surface area contributed by atoms with Gasteiger partial charge >= 0.3 is 5.97 Å². The van der Waals surface area contributed by atoms with Gasteiger partial charge in [-0.2, -0.15) is 0 Å². The van der Waals surface area contributed by atoms with Gasteiger partial charge in [-0.05, 0) is 69.4 Å². The van der Waals surface area contributed by atoms with Crippen molar-refractivity contribution >= 4 is 11.9 Å². The lowest BCUT2D eigenvalue weighted by Gasteiger charge is -2.24. The lowest BCUT2D eigenvalue weighted by Crippen LogP contribution is -2.32. The highest BCUT2D eigenvalue weighted by Crippen LogP contribution is 2.32. The fourth-order valence-electron chi connectivity index (χ4n) is 4.06. The molecular formula is C29H33NO5. The van der Waals surface area contributed by atoms with E-state index in [0.29, 0.717) is 31.7 Å². The Morgan fingerprint density at radius 2 is 1.77 bits per heavy atom. The maximum atomic E-state index is 13.4. The number of unbranched alkanes of at least 4 members (excludes halogenated alkanes) is 2. The fourth-order valence-corrected chi connectivity index (χ4v) is 4.06. The third kappa shape index (κ3) is 6.98. The highest BCUT2D eigenvalue weighted by molar-refractivity contribution is 5.95. The second-order valence-electron chi connectivity index (χ2n) is 8.79. The van der Waals surface area contributed by atoms with Gasteiger partial charge in [-0.25, -0.2) is 0 Å². The zero-order valence-electron chi connectivity index (χ0n) is 20.3. The summed E-state index contributed by atoms with van der Waals surface area (Å²) in [5, 5.41) is 0. The molecule has 4 rings (SSSR count). The average Bonchev–Trinajstić information content (AvgIpc) is 3.57. The summed E-state index contributed by atoms with van der Waals surface area (Å²) in [6.45, 7) is 3.34. The summed E-state index contributed by atoms with van der Waals surface area (Å²) in [5.41, 5.74) is 2.63. The predicted molar refractivity (Wildman–Crippen MR) is 134 cm³/mol. The minimum Gasteiger partial charge on any atom is -0.493 e. The number of hydrogen-bond donors (Lipinski definition) is 0. The Balaban J connectivity index is 1.34. The van der Waals surface area contributed by atoms with Crippen molar-refractivity contribution in [2.45, 2.75) is 58.0 Å². The predicted octanol–water partition coefficient (Wildman–Crippen LogP) is 6.25. The average molecular weight is 476 g/mol. The Kier molecular flexibility index (Phi) is 8.60. The van der Waals surface area contributed by atoms with Crippen molar-refractivity contribution in [2.75, 3.05) is 13.2 Å². The van der Waals surface area contributed by atoms with Crippen molar-refractivity contribution < 1.29 is 23.5 Å². The van der Waals surface area contributed by atoms with Crippen LogP contribution in [0.3, 0.4) is 0 Å². The third-order valence-corrected chi connectivity index (χ3v) is 6.09. The minimum absolute atomic E-state index is 0.0345. The van der Waals surface area contributed by atoms with Crippen molar-refractivity contribution in [1.82, 2.24) is 4.90 Å². The van der Waals surface area contributed by atoms with Gasteiger partial charge in [0.25, 0.3) is 5.91 Å². The highest BCUT2D eigenvalue weighted by atomic mass is 16.5. The molecule has 1 amide bonds. The van der Waals surface area contributed by atoms with Crippen LogP contribution in [0.1, 0.15) is 61.4 Å². The number of ether oxygens (including phenoxy) is 2. The van der Waals surface area contributed by atoms with Gasteiger partial charge in [0.15, 0.2) is 0 Å². The van der Waals surface area contributed by atoms with Crippen LogP contribution in [-0.2, 0) is 16.1 Å². The first kappa shape index (κ1) is 24.6. The fraction of sp³-hybridized carbons (Fsp3) is 0.379. The Morgan fingerprint density at radius 1 is 0.971 bits per heavy atom. The molecule has 1 fully saturated rings. The number of esters is 1. The van der Waals surface area contributed by atoms with Crippen molar-refractivity contribution in [3.05, 3.63) is 78.1 Å². The molecule has 6 heteroatoms. The van der Waals surface area contributed by atoms with E-state index in [0.717, 1.165) is 54.7 Å². The molecule has 184 valence electrons. The Bertz CT molecular complexity index is 1090. The van der Waals surface area contributed by atoms with E-state index in [1.54, 1.807) is 6.26 Å². The SMILES string of the molecule is CCOC(=O)CCCCCOc1ccccc1CN(C(=O)c1ccc(-c2ccco2)cc1)C1CC1. The quantitative estimate of drug-likeness (QED) is 0.216. The van der Waals surface area contributed by atoms with Crippen LogP contribution in [0.5, 0.6) is 5.75 Å². The molecule has 6 nitrogen and oxygen atoms in total. The number of benzene rings is 2. The maximum Gasteiger partial charge on any atom is 0.305 e. The molecule has 0 spiro atoms. The number of carbonyl (C=O) groups excluding carboxylic acids is 2. The van der Waals surface area contributed by atoms with E-state index in [-0.39, 0.29) is 17.9 Å². The summed E-state index contributed by atoms with van der Waals surface area (Å²) in [5.74, 6) is 1.49. The molecule has 1 aromatic heterocycles. The molecule has 0 unspecified atom stereocenters. The number of nitrogens with zero attached hydrogens (tertiary/aromatic N) is 1. The molecule has 35 heavy (non-hydrogen) atoms. The largest absolute Gasteiger partial charge is 0.493 e. The summed E-state index contributed by atoms with van der Waals surface area (Å²) in [4.78, 5) is 26.8. The Hall–Kier alpha value is -3.54. The van der Waals surface area contributed by atoms with E-state index >= 15 is 0 Å². The third-order valence-electron chi connectivity index (χ3n) is 6.09. The molecule has 0 saturated heterocycles. The zero-order valence-corrected chi connectivity index (χ0v) is 20.3. The molecule has 0 bridgehead atoms. The van der Waals surface area contributed by atoms with E-state index in [1.165, 1.54) is 0 Å². The smallest absolute Gasteiger partial charge is 0.305 e. The first-order chi connectivity index (χ1) is 17.2. The van der Waals surface area contributed by atoms with E-state index in [4.69, 9.17) is 13.9 Å². The highest BCUT2D eigenvalue weighted by Gasteiger charge is 2.33. The molecule has 1 saturated carbocycles. The molecular weight excluding hydrogens is 442 g/mol. The van der Waals surface area contributed by atoms with Gasteiger partial charge in [0.2, 0.25) is 0 Å². The monoisotopic (exact) mass is 475 g/mol. The zero-order chi connectivity index (χ0) is 24.5. The Labute approximate surface area is 206 Å². The van der Waals surface area contributed by atoms with Crippen molar-refractivity contribution in [2.24, 2.45) is 0 Å². The molecule has 0 radical (unpaired) electrons. The normalized spacial score (nSPS) is 12.8. The second-order valence-corrected chi connectivity index (χ2v) is 8.79. The number of hydrogen-bond acceptors (Lipinski definition) is 5. The summed E-state index contributed by atoms with van der Waals surface area (Å²) >= 11 is 0. The lowest BCUT2D eigenvalue weighted by atomic mass is 10.1. The van der Waals surface area contributed by atoms with Crippen LogP contribution in [0.2, 0.25) is 0 Å². The van der Waals surface area contributed by atoms with E-state index in [9.17, 15) is 9.59 Å². The summed E-state index contributed by atoms with van der Waals surface area (Å²) < 4.78 is 16.5. The van der Waals surface area contributed by atoms with Crippen LogP contribution in [0.4, 0.5) is 0 Å². The second kappa shape index (κ2) is 12.2. The van der Waals surface area contributed by atoms with Gasteiger partial charge < -0.3 is 18.8 Å². The molecule has 0 atom stereocenters. The van der Waals surface area contributed by atoms with E-state index < -0.39 is 0 Å². The molecule has 1 aliphatic rings. The van der Waals surface area contributed by atoms with Crippen LogP contribution in [-0.4, -0.2) is 36.0 Å². The van der Waals surface area contributed by atoms with Gasteiger partial charge in [-0.3, -0.25) is 9.59 Å². The number of amides is 1. The van der Waals surface area contributed by atoms with Crippen LogP contribution in [0.25, 0.3) is 11.3 Å². The van der Waals surface area contributed by atoms with Gasteiger partial charge in [0.1, 0.15) is 11.5 Å². The van der Waals surface area contributed by atoms with Crippen molar-refractivity contribution in [3.8, 4) is 17.1 Å². The molecule has 1 heterocycles. The maximum absolute atomic E-state index is 13.4. The van der Waals surface area contributed by atoms with Gasteiger partial charge in [0, 0.05) is 35.7 Å². The lowest BCUT2D eigenvalue weighted by molar-refractivity contribution is -0.143. The van der Waals surface area contributed by atoms with Crippen LogP contribution in [0.15, 0.2) is 71.3 Å². The van der Waals surface area contributed by atoms with E-state index in [1.807, 2.05) is 72.5 Å².